The molecule has 0 aromatic heterocycles. The summed E-state index contributed by atoms with van der Waals surface area (Å²) in [5, 5.41) is 7.04. The second kappa shape index (κ2) is 9.08. The molecule has 1 fully saturated rings. The molecule has 0 saturated carbocycles. The zero-order valence-corrected chi connectivity index (χ0v) is 11.9. The van der Waals surface area contributed by atoms with Gasteiger partial charge in [0.2, 0.25) is 0 Å². The highest BCUT2D eigenvalue weighted by Gasteiger charge is 2.06. The maximum Gasteiger partial charge on any atom is 0.0233 e. The van der Waals surface area contributed by atoms with E-state index in [1.165, 1.54) is 37.9 Å². The van der Waals surface area contributed by atoms with Crippen LogP contribution in [0, 0.1) is 0 Å². The smallest absolute Gasteiger partial charge is 0.0233 e. The van der Waals surface area contributed by atoms with Crippen LogP contribution in [0.3, 0.4) is 0 Å². The molecule has 0 radical (unpaired) electrons. The Labute approximate surface area is 117 Å². The van der Waals surface area contributed by atoms with Gasteiger partial charge in [0.15, 0.2) is 0 Å². The lowest BCUT2D eigenvalue weighted by molar-refractivity contribution is 0.255. The predicted octanol–water partition coefficient (Wildman–Crippen LogP) is 1.85. The van der Waals surface area contributed by atoms with Crippen molar-refractivity contribution in [3.63, 3.8) is 0 Å². The van der Waals surface area contributed by atoms with Crippen LogP contribution in [0.2, 0.25) is 0 Å². The van der Waals surface area contributed by atoms with Gasteiger partial charge in [0, 0.05) is 6.54 Å². The summed E-state index contributed by atoms with van der Waals surface area (Å²) in [6.45, 7) is 8.05. The number of hydrogen-bond acceptors (Lipinski definition) is 3. The van der Waals surface area contributed by atoms with Crippen molar-refractivity contribution >= 4 is 0 Å². The fourth-order valence-electron chi connectivity index (χ4n) is 2.56. The molecule has 106 valence electrons. The molecule has 0 atom stereocenters. The molecule has 0 amide bonds. The zero-order valence-electron chi connectivity index (χ0n) is 11.9. The first kappa shape index (κ1) is 14.5. The van der Waals surface area contributed by atoms with Crippen LogP contribution in [0.5, 0.6) is 0 Å². The van der Waals surface area contributed by atoms with Gasteiger partial charge in [0.05, 0.1) is 0 Å². The molecule has 0 unspecified atom stereocenters. The largest absolute Gasteiger partial charge is 0.317 e. The summed E-state index contributed by atoms with van der Waals surface area (Å²) in [6.07, 6.45) is 3.74. The van der Waals surface area contributed by atoms with Crippen LogP contribution in [0.25, 0.3) is 0 Å². The molecule has 3 nitrogen and oxygen atoms in total. The molecule has 1 saturated heterocycles. The Hall–Kier alpha value is -0.900. The van der Waals surface area contributed by atoms with Crippen LogP contribution in [-0.2, 0) is 6.54 Å². The number of nitrogens with zero attached hydrogens (tertiary/aromatic N) is 1. The molecule has 1 aliphatic heterocycles. The summed E-state index contributed by atoms with van der Waals surface area (Å²) in [7, 11) is 0. The third kappa shape index (κ3) is 6.19. The molecule has 1 aliphatic rings. The Morgan fingerprint density at radius 2 is 1.37 bits per heavy atom. The molecular weight excluding hydrogens is 234 g/mol. The van der Waals surface area contributed by atoms with E-state index in [-0.39, 0.29) is 0 Å². The van der Waals surface area contributed by atoms with Gasteiger partial charge in [-0.3, -0.25) is 4.90 Å². The summed E-state index contributed by atoms with van der Waals surface area (Å²) < 4.78 is 0. The van der Waals surface area contributed by atoms with Gasteiger partial charge in [-0.25, -0.2) is 0 Å². The number of nitrogens with one attached hydrogen (secondary N) is 2. The van der Waals surface area contributed by atoms with Gasteiger partial charge in [-0.05, 0) is 64.1 Å². The molecule has 0 bridgehead atoms. The summed E-state index contributed by atoms with van der Waals surface area (Å²) in [6, 6.07) is 10.8. The van der Waals surface area contributed by atoms with Gasteiger partial charge >= 0.3 is 0 Å². The van der Waals surface area contributed by atoms with Crippen LogP contribution in [0.15, 0.2) is 30.3 Å². The first-order valence-electron chi connectivity index (χ1n) is 7.63. The lowest BCUT2D eigenvalue weighted by Gasteiger charge is -2.23. The van der Waals surface area contributed by atoms with E-state index < -0.39 is 0 Å². The molecule has 1 heterocycles. The summed E-state index contributed by atoms with van der Waals surface area (Å²) in [5.41, 5.74) is 1.43. The highest BCUT2D eigenvalue weighted by atomic mass is 15.1. The van der Waals surface area contributed by atoms with Crippen molar-refractivity contribution in [1.82, 2.24) is 15.5 Å². The van der Waals surface area contributed by atoms with Gasteiger partial charge in [-0.2, -0.15) is 0 Å². The van der Waals surface area contributed by atoms with Crippen molar-refractivity contribution < 1.29 is 0 Å². The highest BCUT2D eigenvalue weighted by molar-refractivity contribution is 5.14. The average molecular weight is 261 g/mol. The van der Waals surface area contributed by atoms with E-state index >= 15 is 0 Å². The number of benzene rings is 1. The van der Waals surface area contributed by atoms with Crippen LogP contribution in [0.1, 0.15) is 24.8 Å². The Balaban J connectivity index is 1.81. The van der Waals surface area contributed by atoms with Crippen molar-refractivity contribution in [1.29, 1.82) is 0 Å². The quantitative estimate of drug-likeness (QED) is 0.851. The molecule has 1 aromatic rings. The zero-order chi connectivity index (χ0) is 13.2. The first-order valence-corrected chi connectivity index (χ1v) is 7.63. The van der Waals surface area contributed by atoms with E-state index in [1.807, 2.05) is 0 Å². The van der Waals surface area contributed by atoms with E-state index in [0.29, 0.717) is 0 Å². The van der Waals surface area contributed by atoms with Gasteiger partial charge in [0.25, 0.3) is 0 Å². The molecule has 2 N–H and O–H groups in total. The molecule has 2 rings (SSSR count). The maximum absolute atomic E-state index is 3.52. The van der Waals surface area contributed by atoms with Crippen molar-refractivity contribution in [2.45, 2.75) is 25.8 Å². The second-order valence-electron chi connectivity index (χ2n) is 5.32. The minimum absolute atomic E-state index is 1.08. The van der Waals surface area contributed by atoms with Crippen LogP contribution >= 0.6 is 0 Å². The van der Waals surface area contributed by atoms with Crippen molar-refractivity contribution in [2.24, 2.45) is 0 Å². The fourth-order valence-corrected chi connectivity index (χ4v) is 2.56. The van der Waals surface area contributed by atoms with Crippen molar-refractivity contribution in [3.05, 3.63) is 35.9 Å². The predicted molar refractivity (Wildman–Crippen MR) is 81.3 cm³/mol. The molecule has 3 heteroatoms. The molecule has 0 spiro atoms. The Morgan fingerprint density at radius 1 is 0.789 bits per heavy atom. The molecule has 1 aromatic carbocycles. The maximum atomic E-state index is 3.52. The van der Waals surface area contributed by atoms with Crippen LogP contribution in [-0.4, -0.2) is 44.2 Å². The van der Waals surface area contributed by atoms with E-state index in [4.69, 9.17) is 0 Å². The monoisotopic (exact) mass is 261 g/mol. The third-order valence-electron chi connectivity index (χ3n) is 3.61. The van der Waals surface area contributed by atoms with Gasteiger partial charge in [-0.15, -0.1) is 0 Å². The first-order chi connectivity index (χ1) is 9.45. The normalized spacial score (nSPS) is 20.4. The lowest BCUT2D eigenvalue weighted by atomic mass is 10.2. The Morgan fingerprint density at radius 3 is 2.00 bits per heavy atom. The van der Waals surface area contributed by atoms with Crippen LogP contribution in [0.4, 0.5) is 0 Å². The standard InChI is InChI=1S/C16H27N3/c1-2-7-16(8-3-1)15-19-13-5-11-17-9-4-10-18-12-6-14-19/h1-3,7-8,17-18H,4-6,9-15H2. The molecule has 19 heavy (non-hydrogen) atoms. The topological polar surface area (TPSA) is 27.3 Å². The average Bonchev–Trinajstić information content (AvgIpc) is 2.43. The summed E-state index contributed by atoms with van der Waals surface area (Å²) >= 11 is 0. The summed E-state index contributed by atoms with van der Waals surface area (Å²) in [5.74, 6) is 0. The van der Waals surface area contributed by atoms with Gasteiger partial charge in [0.1, 0.15) is 0 Å². The fraction of sp³-hybridized carbons (Fsp3) is 0.625. The molecular formula is C16H27N3. The SMILES string of the molecule is c1ccc(CN2CCCNCCCNCCC2)cc1. The lowest BCUT2D eigenvalue weighted by Crippen LogP contribution is -2.32. The van der Waals surface area contributed by atoms with Crippen molar-refractivity contribution in [3.8, 4) is 0 Å². The van der Waals surface area contributed by atoms with E-state index in [2.05, 4.69) is 45.9 Å². The van der Waals surface area contributed by atoms with E-state index in [1.54, 1.807) is 0 Å². The van der Waals surface area contributed by atoms with Crippen LogP contribution < -0.4 is 10.6 Å². The third-order valence-corrected chi connectivity index (χ3v) is 3.61. The molecule has 0 aliphatic carbocycles. The minimum atomic E-state index is 1.08. The van der Waals surface area contributed by atoms with E-state index in [0.717, 1.165) is 32.7 Å². The number of rotatable bonds is 2. The van der Waals surface area contributed by atoms with E-state index in [9.17, 15) is 0 Å². The Kier molecular flexibility index (Phi) is 6.93. The number of hydrogen-bond donors (Lipinski definition) is 2. The van der Waals surface area contributed by atoms with Gasteiger partial charge < -0.3 is 10.6 Å². The van der Waals surface area contributed by atoms with Gasteiger partial charge in [-0.1, -0.05) is 30.3 Å². The highest BCUT2D eigenvalue weighted by Crippen LogP contribution is 2.05. The minimum Gasteiger partial charge on any atom is -0.317 e. The van der Waals surface area contributed by atoms with Crippen molar-refractivity contribution in [2.75, 3.05) is 39.3 Å². The second-order valence-corrected chi connectivity index (χ2v) is 5.32. The Bertz CT molecular complexity index is 314. The summed E-state index contributed by atoms with van der Waals surface area (Å²) in [4.78, 5) is 2.58.